The first-order valence-corrected chi connectivity index (χ1v) is 7.07. The van der Waals surface area contributed by atoms with Crippen LogP contribution in [-0.4, -0.2) is 33.3 Å². The quantitative estimate of drug-likeness (QED) is 0.873. The van der Waals surface area contributed by atoms with Gasteiger partial charge < -0.3 is 10.5 Å². The topological polar surface area (TPSA) is 52.6 Å². The number of nitrogens with one attached hydrogen (secondary N) is 1. The fourth-order valence-electron chi connectivity index (χ4n) is 3.23. The van der Waals surface area contributed by atoms with Crippen molar-refractivity contribution in [2.24, 2.45) is 0 Å². The molecule has 110 valence electrons. The van der Waals surface area contributed by atoms with Gasteiger partial charge in [-0.3, -0.25) is 4.79 Å². The molecule has 1 aliphatic heterocycles. The maximum Gasteiger partial charge on any atom is 0.251 e. The summed E-state index contributed by atoms with van der Waals surface area (Å²) >= 11 is 0. The molecule has 0 spiro atoms. The third-order valence-electron chi connectivity index (χ3n) is 4.01. The van der Waals surface area contributed by atoms with Gasteiger partial charge >= 0.3 is 0 Å². The van der Waals surface area contributed by atoms with E-state index in [9.17, 15) is 10.0 Å². The monoisotopic (exact) mass is 276 g/mol. The van der Waals surface area contributed by atoms with Gasteiger partial charge in [-0.25, -0.2) is 0 Å². The number of amides is 1. The zero-order chi connectivity index (χ0) is 15.0. The molecule has 1 amide bonds. The molecule has 0 bridgehead atoms. The molecule has 1 aromatic rings. The molecule has 4 heteroatoms. The smallest absolute Gasteiger partial charge is 0.251 e. The average molecular weight is 276 g/mol. The van der Waals surface area contributed by atoms with Crippen LogP contribution in [-0.2, 0) is 0 Å². The summed E-state index contributed by atoms with van der Waals surface area (Å²) in [4.78, 5) is 12.2. The highest BCUT2D eigenvalue weighted by atomic mass is 16.5. The third-order valence-corrected chi connectivity index (χ3v) is 4.01. The number of hydrogen-bond acceptors (Lipinski definition) is 3. The van der Waals surface area contributed by atoms with Gasteiger partial charge in [0.25, 0.3) is 5.91 Å². The van der Waals surface area contributed by atoms with Gasteiger partial charge in [-0.15, -0.1) is 0 Å². The van der Waals surface area contributed by atoms with Crippen LogP contribution in [0, 0.1) is 0 Å². The number of carbonyl (C=O) groups excluding carboxylic acids is 1. The minimum absolute atomic E-state index is 0.0476. The fourth-order valence-corrected chi connectivity index (χ4v) is 3.23. The molecule has 1 heterocycles. The Kier molecular flexibility index (Phi) is 3.89. The Morgan fingerprint density at radius 1 is 1.15 bits per heavy atom. The van der Waals surface area contributed by atoms with Crippen LogP contribution in [0.2, 0.25) is 0 Å². The number of rotatable bonds is 2. The van der Waals surface area contributed by atoms with Crippen molar-refractivity contribution in [3.8, 4) is 0 Å². The molecule has 1 fully saturated rings. The van der Waals surface area contributed by atoms with Gasteiger partial charge in [0.1, 0.15) is 0 Å². The van der Waals surface area contributed by atoms with Crippen LogP contribution in [0.1, 0.15) is 50.9 Å². The molecule has 1 saturated heterocycles. The minimum atomic E-state index is -0.351. The van der Waals surface area contributed by atoms with Gasteiger partial charge in [-0.2, -0.15) is 5.06 Å². The Balaban J connectivity index is 2.09. The van der Waals surface area contributed by atoms with Gasteiger partial charge in [0.2, 0.25) is 0 Å². The average Bonchev–Trinajstić information content (AvgIpc) is 2.36. The Labute approximate surface area is 120 Å². The van der Waals surface area contributed by atoms with Crippen LogP contribution in [0.4, 0.5) is 0 Å². The SMILES string of the molecule is CC1(C)CC(NC(=O)c2ccccc2)CC(C)(C)N1O. The van der Waals surface area contributed by atoms with Gasteiger partial charge in [0.15, 0.2) is 0 Å². The molecule has 2 N–H and O–H groups in total. The van der Waals surface area contributed by atoms with Crippen molar-refractivity contribution in [2.45, 2.75) is 57.7 Å². The molecule has 2 rings (SSSR count). The van der Waals surface area contributed by atoms with Crippen LogP contribution in [0.15, 0.2) is 30.3 Å². The zero-order valence-corrected chi connectivity index (χ0v) is 12.7. The molecule has 0 aliphatic carbocycles. The van der Waals surface area contributed by atoms with Crippen molar-refractivity contribution in [3.05, 3.63) is 35.9 Å². The maximum atomic E-state index is 12.2. The summed E-state index contributed by atoms with van der Waals surface area (Å²) in [5.74, 6) is -0.0476. The fraction of sp³-hybridized carbons (Fsp3) is 0.562. The summed E-state index contributed by atoms with van der Waals surface area (Å²) in [6.45, 7) is 7.98. The number of hydrogen-bond donors (Lipinski definition) is 2. The molecule has 0 atom stereocenters. The molecule has 1 aromatic carbocycles. The zero-order valence-electron chi connectivity index (χ0n) is 12.7. The van der Waals surface area contributed by atoms with Crippen molar-refractivity contribution < 1.29 is 10.0 Å². The van der Waals surface area contributed by atoms with Gasteiger partial charge in [0, 0.05) is 22.7 Å². The second-order valence-electron chi connectivity index (χ2n) is 6.88. The van der Waals surface area contributed by atoms with Crippen LogP contribution in [0.25, 0.3) is 0 Å². The van der Waals surface area contributed by atoms with Crippen molar-refractivity contribution >= 4 is 5.91 Å². The molecule has 0 aromatic heterocycles. The summed E-state index contributed by atoms with van der Waals surface area (Å²) in [7, 11) is 0. The van der Waals surface area contributed by atoms with E-state index in [1.165, 1.54) is 5.06 Å². The maximum absolute atomic E-state index is 12.2. The van der Waals surface area contributed by atoms with Gasteiger partial charge in [-0.1, -0.05) is 18.2 Å². The lowest BCUT2D eigenvalue weighted by atomic mass is 9.79. The van der Waals surface area contributed by atoms with E-state index in [2.05, 4.69) is 5.32 Å². The highest BCUT2D eigenvalue weighted by Crippen LogP contribution is 2.36. The van der Waals surface area contributed by atoms with E-state index in [1.54, 1.807) is 0 Å². The Morgan fingerprint density at radius 2 is 1.65 bits per heavy atom. The number of carbonyl (C=O) groups is 1. The number of hydroxylamine groups is 2. The summed E-state index contributed by atoms with van der Waals surface area (Å²) < 4.78 is 0. The van der Waals surface area contributed by atoms with Crippen molar-refractivity contribution in [2.75, 3.05) is 0 Å². The molecule has 0 saturated carbocycles. The van der Waals surface area contributed by atoms with Crippen molar-refractivity contribution in [1.82, 2.24) is 10.4 Å². The third kappa shape index (κ3) is 3.02. The minimum Gasteiger partial charge on any atom is -0.349 e. The van der Waals surface area contributed by atoms with Crippen LogP contribution in [0.5, 0.6) is 0 Å². The number of piperidine rings is 1. The first-order valence-electron chi connectivity index (χ1n) is 7.07. The predicted molar refractivity (Wildman–Crippen MR) is 78.7 cm³/mol. The molecule has 0 radical (unpaired) electrons. The highest BCUT2D eigenvalue weighted by Gasteiger charge is 2.45. The largest absolute Gasteiger partial charge is 0.349 e. The van der Waals surface area contributed by atoms with E-state index in [4.69, 9.17) is 0 Å². The lowest BCUT2D eigenvalue weighted by Crippen LogP contribution is -2.62. The summed E-state index contributed by atoms with van der Waals surface area (Å²) in [5, 5.41) is 14.8. The number of nitrogens with zero attached hydrogens (tertiary/aromatic N) is 1. The molecule has 4 nitrogen and oxygen atoms in total. The lowest BCUT2D eigenvalue weighted by molar-refractivity contribution is -0.245. The first-order chi connectivity index (χ1) is 9.22. The first kappa shape index (κ1) is 15.0. The van der Waals surface area contributed by atoms with E-state index in [0.717, 1.165) is 12.8 Å². The van der Waals surface area contributed by atoms with E-state index in [0.29, 0.717) is 5.56 Å². The van der Waals surface area contributed by atoms with Crippen molar-refractivity contribution in [1.29, 1.82) is 0 Å². The van der Waals surface area contributed by atoms with Crippen LogP contribution >= 0.6 is 0 Å². The summed E-state index contributed by atoms with van der Waals surface area (Å²) in [5.41, 5.74) is -0.0261. The van der Waals surface area contributed by atoms with E-state index >= 15 is 0 Å². The second-order valence-corrected chi connectivity index (χ2v) is 6.88. The normalized spacial score (nSPS) is 22.4. The Bertz CT molecular complexity index is 465. The second kappa shape index (κ2) is 5.19. The van der Waals surface area contributed by atoms with E-state index in [-0.39, 0.29) is 23.0 Å². The molecule has 1 aliphatic rings. The predicted octanol–water partition coefficient (Wildman–Crippen LogP) is 2.83. The standard InChI is InChI=1S/C16H24N2O2/c1-15(2)10-13(11-16(3,4)18(15)20)17-14(19)12-8-6-5-7-9-12/h5-9,13,20H,10-11H2,1-4H3,(H,17,19). The van der Waals surface area contributed by atoms with Gasteiger partial charge in [-0.05, 0) is 52.7 Å². The highest BCUT2D eigenvalue weighted by molar-refractivity contribution is 5.94. The Hall–Kier alpha value is -1.39. The molecule has 20 heavy (non-hydrogen) atoms. The van der Waals surface area contributed by atoms with Gasteiger partial charge in [0.05, 0.1) is 0 Å². The van der Waals surface area contributed by atoms with E-state index in [1.807, 2.05) is 58.0 Å². The molecular formula is C16H24N2O2. The van der Waals surface area contributed by atoms with Crippen molar-refractivity contribution in [3.63, 3.8) is 0 Å². The van der Waals surface area contributed by atoms with E-state index < -0.39 is 0 Å². The summed E-state index contributed by atoms with van der Waals surface area (Å²) in [6.07, 6.45) is 1.46. The lowest BCUT2D eigenvalue weighted by Gasteiger charge is -2.51. The van der Waals surface area contributed by atoms with Crippen LogP contribution < -0.4 is 5.32 Å². The van der Waals surface area contributed by atoms with Crippen LogP contribution in [0.3, 0.4) is 0 Å². The number of benzene rings is 1. The summed E-state index contributed by atoms with van der Waals surface area (Å²) in [6, 6.07) is 9.31. The molecule has 0 unspecified atom stereocenters. The molecular weight excluding hydrogens is 252 g/mol. The Morgan fingerprint density at radius 3 is 2.15 bits per heavy atom.